The van der Waals surface area contributed by atoms with Gasteiger partial charge in [0.1, 0.15) is 5.82 Å². The van der Waals surface area contributed by atoms with Gasteiger partial charge in [0.2, 0.25) is 0 Å². The first kappa shape index (κ1) is 15.2. The first-order chi connectivity index (χ1) is 9.99. The number of hydrogen-bond donors (Lipinski definition) is 2. The lowest BCUT2D eigenvalue weighted by Crippen LogP contribution is -2.33. The molecule has 2 N–H and O–H groups in total. The van der Waals surface area contributed by atoms with Crippen molar-refractivity contribution in [3.05, 3.63) is 35.8 Å². The number of halogens is 1. The highest BCUT2D eigenvalue weighted by atomic mass is 19.1. The predicted octanol–water partition coefficient (Wildman–Crippen LogP) is 1.56. The average molecular weight is 291 g/mol. The van der Waals surface area contributed by atoms with Crippen molar-refractivity contribution < 1.29 is 14.0 Å². The van der Waals surface area contributed by atoms with Gasteiger partial charge in [0.15, 0.2) is 0 Å². The number of nitrogens with one attached hydrogen (secondary N) is 2. The van der Waals surface area contributed by atoms with Crippen LogP contribution in [0.2, 0.25) is 0 Å². The number of rotatable bonds is 6. The molecule has 1 amide bonds. The molecule has 0 aliphatic heterocycles. The van der Waals surface area contributed by atoms with Crippen molar-refractivity contribution in [1.82, 2.24) is 15.2 Å². The van der Waals surface area contributed by atoms with Gasteiger partial charge in [-0.2, -0.15) is 0 Å². The largest absolute Gasteiger partial charge is 0.360 e. The SMILES string of the molecule is CN(C)CCCNC(=O)C(=O)c1c[nH]c2cc(F)ccc12. The topological polar surface area (TPSA) is 65.2 Å². The number of aromatic nitrogens is 1. The summed E-state index contributed by atoms with van der Waals surface area (Å²) >= 11 is 0. The number of carbonyl (C=O) groups is 2. The number of fused-ring (bicyclic) bond motifs is 1. The van der Waals surface area contributed by atoms with Crippen LogP contribution in [0.25, 0.3) is 10.9 Å². The highest BCUT2D eigenvalue weighted by molar-refractivity contribution is 6.44. The zero-order valence-electron chi connectivity index (χ0n) is 12.1. The number of H-pyrrole nitrogens is 1. The van der Waals surface area contributed by atoms with Crippen molar-refractivity contribution in [1.29, 1.82) is 0 Å². The number of aromatic amines is 1. The summed E-state index contributed by atoms with van der Waals surface area (Å²) < 4.78 is 13.1. The summed E-state index contributed by atoms with van der Waals surface area (Å²) in [4.78, 5) is 28.7. The van der Waals surface area contributed by atoms with E-state index in [2.05, 4.69) is 10.3 Å². The van der Waals surface area contributed by atoms with Gasteiger partial charge in [-0.3, -0.25) is 9.59 Å². The van der Waals surface area contributed by atoms with E-state index < -0.39 is 17.5 Å². The predicted molar refractivity (Wildman–Crippen MR) is 78.8 cm³/mol. The Kier molecular flexibility index (Phi) is 4.70. The van der Waals surface area contributed by atoms with Crippen LogP contribution in [-0.4, -0.2) is 48.8 Å². The third-order valence-corrected chi connectivity index (χ3v) is 3.16. The number of amides is 1. The maximum absolute atomic E-state index is 13.1. The Morgan fingerprint density at radius 3 is 2.81 bits per heavy atom. The summed E-state index contributed by atoms with van der Waals surface area (Å²) in [5, 5.41) is 3.15. The minimum absolute atomic E-state index is 0.259. The fraction of sp³-hybridized carbons (Fsp3) is 0.333. The van der Waals surface area contributed by atoms with E-state index >= 15 is 0 Å². The zero-order chi connectivity index (χ0) is 15.4. The molecule has 2 rings (SSSR count). The van der Waals surface area contributed by atoms with Crippen molar-refractivity contribution >= 4 is 22.6 Å². The number of benzene rings is 1. The molecule has 6 heteroatoms. The van der Waals surface area contributed by atoms with Gasteiger partial charge < -0.3 is 15.2 Å². The molecule has 0 radical (unpaired) electrons. The second-order valence-corrected chi connectivity index (χ2v) is 5.13. The van der Waals surface area contributed by atoms with Gasteiger partial charge in [-0.15, -0.1) is 0 Å². The van der Waals surface area contributed by atoms with Crippen LogP contribution in [0.3, 0.4) is 0 Å². The summed E-state index contributed by atoms with van der Waals surface area (Å²) in [6, 6.07) is 4.05. The summed E-state index contributed by atoms with van der Waals surface area (Å²) in [7, 11) is 3.89. The van der Waals surface area contributed by atoms with E-state index in [1.54, 1.807) is 0 Å². The van der Waals surface area contributed by atoms with Gasteiger partial charge in [-0.25, -0.2) is 4.39 Å². The first-order valence-corrected chi connectivity index (χ1v) is 6.73. The van der Waals surface area contributed by atoms with Gasteiger partial charge in [0.05, 0.1) is 5.56 Å². The number of carbonyl (C=O) groups excluding carboxylic acids is 2. The molecule has 5 nitrogen and oxygen atoms in total. The van der Waals surface area contributed by atoms with Gasteiger partial charge in [-0.1, -0.05) is 0 Å². The van der Waals surface area contributed by atoms with E-state index in [0.29, 0.717) is 17.4 Å². The van der Waals surface area contributed by atoms with Crippen LogP contribution < -0.4 is 5.32 Å². The average Bonchev–Trinajstić information content (AvgIpc) is 2.85. The van der Waals surface area contributed by atoms with Gasteiger partial charge in [0, 0.05) is 23.6 Å². The summed E-state index contributed by atoms with van der Waals surface area (Å²) in [6.45, 7) is 1.28. The Morgan fingerprint density at radius 1 is 1.33 bits per heavy atom. The van der Waals surface area contributed by atoms with Crippen molar-refractivity contribution in [2.24, 2.45) is 0 Å². The minimum atomic E-state index is -0.640. The molecule has 112 valence electrons. The smallest absolute Gasteiger partial charge is 0.292 e. The molecule has 0 aliphatic rings. The molecular weight excluding hydrogens is 273 g/mol. The monoisotopic (exact) mass is 291 g/mol. The van der Waals surface area contributed by atoms with Crippen molar-refractivity contribution in [3.63, 3.8) is 0 Å². The van der Waals surface area contributed by atoms with Crippen molar-refractivity contribution in [2.45, 2.75) is 6.42 Å². The molecule has 1 aromatic carbocycles. The molecule has 2 aromatic rings. The van der Waals surface area contributed by atoms with Crippen LogP contribution in [0.1, 0.15) is 16.8 Å². The standard InChI is InChI=1S/C15H18FN3O2/c1-19(2)7-3-6-17-15(21)14(20)12-9-18-13-8-10(16)4-5-11(12)13/h4-5,8-9,18H,3,6-7H2,1-2H3,(H,17,21). The molecule has 0 atom stereocenters. The molecule has 0 saturated carbocycles. The lowest BCUT2D eigenvalue weighted by Gasteiger charge is -2.09. The molecule has 21 heavy (non-hydrogen) atoms. The fourth-order valence-corrected chi connectivity index (χ4v) is 2.09. The molecule has 0 spiro atoms. The van der Waals surface area contributed by atoms with Gasteiger partial charge >= 0.3 is 0 Å². The summed E-state index contributed by atoms with van der Waals surface area (Å²) in [5.41, 5.74) is 0.758. The molecular formula is C15H18FN3O2. The zero-order valence-corrected chi connectivity index (χ0v) is 12.1. The number of ketones is 1. The second-order valence-electron chi connectivity index (χ2n) is 5.13. The Balaban J connectivity index is 2.03. The lowest BCUT2D eigenvalue weighted by molar-refractivity contribution is -0.117. The Hall–Kier alpha value is -2.21. The Bertz CT molecular complexity index is 664. The highest BCUT2D eigenvalue weighted by Gasteiger charge is 2.19. The van der Waals surface area contributed by atoms with Crippen LogP contribution in [0, 0.1) is 5.82 Å². The molecule has 1 heterocycles. The summed E-state index contributed by atoms with van der Waals surface area (Å²) in [6.07, 6.45) is 2.21. The quantitative estimate of drug-likeness (QED) is 0.482. The van der Waals surface area contributed by atoms with E-state index in [4.69, 9.17) is 0 Å². The van der Waals surface area contributed by atoms with E-state index in [-0.39, 0.29) is 5.56 Å². The maximum atomic E-state index is 13.1. The van der Waals surface area contributed by atoms with Crippen molar-refractivity contribution in [2.75, 3.05) is 27.2 Å². The Labute approximate surface area is 122 Å². The summed E-state index contributed by atoms with van der Waals surface area (Å²) in [5.74, 6) is -1.65. The minimum Gasteiger partial charge on any atom is -0.360 e. The number of nitrogens with zero attached hydrogens (tertiary/aromatic N) is 1. The highest BCUT2D eigenvalue weighted by Crippen LogP contribution is 2.19. The lowest BCUT2D eigenvalue weighted by atomic mass is 10.1. The van der Waals surface area contributed by atoms with Crippen LogP contribution in [0.4, 0.5) is 4.39 Å². The number of Topliss-reactive ketones (excluding diaryl/α,β-unsaturated/α-hetero) is 1. The molecule has 0 fully saturated rings. The van der Waals surface area contributed by atoms with Gasteiger partial charge in [0.25, 0.3) is 11.7 Å². The maximum Gasteiger partial charge on any atom is 0.292 e. The van der Waals surface area contributed by atoms with E-state index in [0.717, 1.165) is 13.0 Å². The van der Waals surface area contributed by atoms with Crippen molar-refractivity contribution in [3.8, 4) is 0 Å². The second kappa shape index (κ2) is 6.49. The van der Waals surface area contributed by atoms with Crippen LogP contribution in [0.5, 0.6) is 0 Å². The van der Waals surface area contributed by atoms with E-state index in [9.17, 15) is 14.0 Å². The van der Waals surface area contributed by atoms with Crippen LogP contribution in [0.15, 0.2) is 24.4 Å². The molecule has 0 bridgehead atoms. The van der Waals surface area contributed by atoms with Crippen LogP contribution >= 0.6 is 0 Å². The molecule has 1 aromatic heterocycles. The molecule has 0 saturated heterocycles. The van der Waals surface area contributed by atoms with Gasteiger partial charge in [-0.05, 0) is 45.3 Å². The third-order valence-electron chi connectivity index (χ3n) is 3.16. The normalized spacial score (nSPS) is 11.0. The molecule has 0 unspecified atom stereocenters. The van der Waals surface area contributed by atoms with Crippen LogP contribution in [-0.2, 0) is 4.79 Å². The van der Waals surface area contributed by atoms with E-state index in [1.165, 1.54) is 24.4 Å². The van der Waals surface area contributed by atoms with E-state index in [1.807, 2.05) is 19.0 Å². The Morgan fingerprint density at radius 2 is 2.10 bits per heavy atom. The first-order valence-electron chi connectivity index (χ1n) is 6.73. The third kappa shape index (κ3) is 3.66. The molecule has 0 aliphatic carbocycles. The number of hydrogen-bond acceptors (Lipinski definition) is 3. The fourth-order valence-electron chi connectivity index (χ4n) is 2.09.